The Hall–Kier alpha value is -1.79. The zero-order chi connectivity index (χ0) is 24.1. The summed E-state index contributed by atoms with van der Waals surface area (Å²) in [7, 11) is 0. The second-order valence-electron chi connectivity index (χ2n) is 9.06. The highest BCUT2D eigenvalue weighted by molar-refractivity contribution is 7.13. The first-order chi connectivity index (χ1) is 16.2. The molecule has 1 saturated carbocycles. The molecule has 12 heteroatoms. The third-order valence-corrected chi connectivity index (χ3v) is 8.29. The Morgan fingerprint density at radius 3 is 2.62 bits per heavy atom. The Bertz CT molecular complexity index is 931. The van der Waals surface area contributed by atoms with Crippen molar-refractivity contribution in [2.24, 2.45) is 5.92 Å². The number of halogens is 3. The number of ether oxygens (including phenoxy) is 1. The lowest BCUT2D eigenvalue weighted by Crippen LogP contribution is -2.39. The van der Waals surface area contributed by atoms with Crippen LogP contribution in [0.25, 0.3) is 0 Å². The number of nitrogens with one attached hydrogen (secondary N) is 1. The molecule has 1 aliphatic carbocycles. The standard InChI is InChI=1S/C22H30F3N5O2S2/c1-14-28-29-20(33-14)12-19(31)26-16-4-2-15(3-5-16)6-9-30-10-7-17-18(8-11-30)34-21(27-17)32-13-22(23,24)25/h15-16H,2-13H2,1H3,(H,26,31). The molecule has 0 bridgehead atoms. The number of aromatic nitrogens is 3. The number of hydrogen-bond acceptors (Lipinski definition) is 8. The molecule has 0 aromatic carbocycles. The lowest BCUT2D eigenvalue weighted by molar-refractivity contribution is -0.153. The van der Waals surface area contributed by atoms with Gasteiger partial charge < -0.3 is 15.0 Å². The molecule has 0 spiro atoms. The fourth-order valence-corrected chi connectivity index (χ4v) is 6.25. The molecule has 0 atom stereocenters. The normalized spacial score (nSPS) is 21.6. The Balaban J connectivity index is 1.13. The van der Waals surface area contributed by atoms with Gasteiger partial charge in [-0.1, -0.05) is 11.3 Å². The highest BCUT2D eigenvalue weighted by Crippen LogP contribution is 2.31. The number of amides is 1. The van der Waals surface area contributed by atoms with E-state index < -0.39 is 12.8 Å². The van der Waals surface area contributed by atoms with Crippen molar-refractivity contribution in [3.05, 3.63) is 20.6 Å². The van der Waals surface area contributed by atoms with Crippen LogP contribution < -0.4 is 10.1 Å². The first-order valence-corrected chi connectivity index (χ1v) is 13.4. The molecule has 2 aliphatic rings. The predicted octanol–water partition coefficient (Wildman–Crippen LogP) is 3.95. The van der Waals surface area contributed by atoms with Gasteiger partial charge in [0.05, 0.1) is 12.1 Å². The van der Waals surface area contributed by atoms with Gasteiger partial charge >= 0.3 is 6.18 Å². The minimum absolute atomic E-state index is 0.0252. The quantitative estimate of drug-likeness (QED) is 0.571. The van der Waals surface area contributed by atoms with Crippen molar-refractivity contribution in [3.8, 4) is 5.19 Å². The zero-order valence-electron chi connectivity index (χ0n) is 19.2. The van der Waals surface area contributed by atoms with Crippen molar-refractivity contribution in [2.75, 3.05) is 26.2 Å². The Labute approximate surface area is 205 Å². The highest BCUT2D eigenvalue weighted by Gasteiger charge is 2.30. The van der Waals surface area contributed by atoms with E-state index in [1.807, 2.05) is 6.92 Å². The van der Waals surface area contributed by atoms with E-state index in [9.17, 15) is 18.0 Å². The van der Waals surface area contributed by atoms with Crippen LogP contribution in [-0.4, -0.2) is 64.4 Å². The number of carbonyl (C=O) groups is 1. The summed E-state index contributed by atoms with van der Waals surface area (Å²) >= 11 is 2.70. The molecule has 0 saturated heterocycles. The van der Waals surface area contributed by atoms with Crippen LogP contribution in [0.15, 0.2) is 0 Å². The van der Waals surface area contributed by atoms with E-state index in [4.69, 9.17) is 4.74 Å². The summed E-state index contributed by atoms with van der Waals surface area (Å²) in [6.07, 6.45) is 2.88. The third-order valence-electron chi connectivity index (χ3n) is 6.38. The van der Waals surface area contributed by atoms with Gasteiger partial charge in [0.1, 0.15) is 10.0 Å². The summed E-state index contributed by atoms with van der Waals surface area (Å²) in [6.45, 7) is 3.37. The van der Waals surface area contributed by atoms with Crippen LogP contribution in [0, 0.1) is 12.8 Å². The summed E-state index contributed by atoms with van der Waals surface area (Å²) in [5.74, 6) is 0.689. The SMILES string of the molecule is Cc1nnc(CC(=O)NC2CCC(CCN3CCc4nc(OCC(F)(F)F)sc4CC3)CC2)s1. The molecule has 1 fully saturated rings. The second kappa shape index (κ2) is 11.3. The molecule has 1 amide bonds. The van der Waals surface area contributed by atoms with Crippen LogP contribution in [0.2, 0.25) is 0 Å². The van der Waals surface area contributed by atoms with E-state index in [1.165, 1.54) is 22.7 Å². The van der Waals surface area contributed by atoms with Crippen molar-refractivity contribution in [1.82, 2.24) is 25.4 Å². The molecule has 4 rings (SSSR count). The molecular weight excluding hydrogens is 487 g/mol. The van der Waals surface area contributed by atoms with Crippen LogP contribution in [0.3, 0.4) is 0 Å². The van der Waals surface area contributed by atoms with E-state index in [-0.39, 0.29) is 17.1 Å². The van der Waals surface area contributed by atoms with Gasteiger partial charge in [0.2, 0.25) is 5.91 Å². The molecule has 2 aromatic rings. The molecule has 1 N–H and O–H groups in total. The molecule has 0 radical (unpaired) electrons. The first-order valence-electron chi connectivity index (χ1n) is 11.7. The van der Waals surface area contributed by atoms with Crippen LogP contribution in [0.1, 0.15) is 52.7 Å². The maximum atomic E-state index is 12.4. The van der Waals surface area contributed by atoms with Gasteiger partial charge in [0, 0.05) is 30.4 Å². The number of hydrogen-bond donors (Lipinski definition) is 1. The number of fused-ring (bicyclic) bond motifs is 1. The van der Waals surface area contributed by atoms with Gasteiger partial charge in [-0.25, -0.2) is 4.98 Å². The average molecular weight is 518 g/mol. The van der Waals surface area contributed by atoms with Gasteiger partial charge in [-0.15, -0.1) is 21.5 Å². The Kier molecular flexibility index (Phi) is 8.41. The van der Waals surface area contributed by atoms with Crippen molar-refractivity contribution in [1.29, 1.82) is 0 Å². The predicted molar refractivity (Wildman–Crippen MR) is 124 cm³/mol. The van der Waals surface area contributed by atoms with E-state index in [1.54, 1.807) is 0 Å². The number of carbonyl (C=O) groups excluding carboxylic acids is 1. The number of nitrogens with zero attached hydrogens (tertiary/aromatic N) is 4. The van der Waals surface area contributed by atoms with Crippen LogP contribution in [-0.2, 0) is 24.1 Å². The number of thiazole rings is 1. The van der Waals surface area contributed by atoms with Gasteiger partial charge in [-0.05, 0) is 57.9 Å². The van der Waals surface area contributed by atoms with Gasteiger partial charge in [-0.3, -0.25) is 4.79 Å². The first kappa shape index (κ1) is 25.3. The molecule has 1 aliphatic heterocycles. The van der Waals surface area contributed by atoms with Gasteiger partial charge in [-0.2, -0.15) is 13.2 Å². The Morgan fingerprint density at radius 2 is 1.91 bits per heavy atom. The summed E-state index contributed by atoms with van der Waals surface area (Å²) in [4.78, 5) is 20.0. The number of alkyl halides is 3. The average Bonchev–Trinajstić information content (AvgIpc) is 3.32. The number of aryl methyl sites for hydroxylation is 1. The smallest absolute Gasteiger partial charge is 0.422 e. The topological polar surface area (TPSA) is 80.2 Å². The van der Waals surface area contributed by atoms with Crippen molar-refractivity contribution in [2.45, 2.75) is 70.5 Å². The van der Waals surface area contributed by atoms with Crippen molar-refractivity contribution >= 4 is 28.6 Å². The van der Waals surface area contributed by atoms with Crippen LogP contribution in [0.5, 0.6) is 5.19 Å². The zero-order valence-corrected chi connectivity index (χ0v) is 20.8. The minimum Gasteiger partial charge on any atom is -0.460 e. The van der Waals surface area contributed by atoms with Gasteiger partial charge in [0.15, 0.2) is 6.61 Å². The lowest BCUT2D eigenvalue weighted by atomic mass is 9.84. The maximum Gasteiger partial charge on any atom is 0.422 e. The largest absolute Gasteiger partial charge is 0.460 e. The molecule has 2 aromatic heterocycles. The van der Waals surface area contributed by atoms with E-state index >= 15 is 0 Å². The summed E-state index contributed by atoms with van der Waals surface area (Å²) in [5, 5.41) is 12.9. The second-order valence-corrected chi connectivity index (χ2v) is 11.4. The summed E-state index contributed by atoms with van der Waals surface area (Å²) < 4.78 is 41.9. The van der Waals surface area contributed by atoms with E-state index in [0.717, 1.165) is 85.2 Å². The fourth-order valence-electron chi connectivity index (χ4n) is 4.60. The fraction of sp³-hybridized carbons (Fsp3) is 0.727. The third kappa shape index (κ3) is 7.61. The maximum absolute atomic E-state index is 12.4. The van der Waals surface area contributed by atoms with Gasteiger partial charge in [0.25, 0.3) is 5.19 Å². The lowest BCUT2D eigenvalue weighted by Gasteiger charge is -2.30. The molecule has 0 unspecified atom stereocenters. The Morgan fingerprint density at radius 1 is 1.15 bits per heavy atom. The molecule has 3 heterocycles. The number of rotatable bonds is 8. The molecule has 188 valence electrons. The monoisotopic (exact) mass is 517 g/mol. The summed E-state index contributed by atoms with van der Waals surface area (Å²) in [5.41, 5.74) is 0.879. The highest BCUT2D eigenvalue weighted by atomic mass is 32.1. The molecule has 34 heavy (non-hydrogen) atoms. The molecule has 7 nitrogen and oxygen atoms in total. The minimum atomic E-state index is -4.34. The molecular formula is C22H30F3N5O2S2. The summed E-state index contributed by atoms with van der Waals surface area (Å²) in [6, 6.07) is 0.242. The van der Waals surface area contributed by atoms with E-state index in [2.05, 4.69) is 25.4 Å². The van der Waals surface area contributed by atoms with Crippen molar-refractivity contribution in [3.63, 3.8) is 0 Å². The van der Waals surface area contributed by atoms with E-state index in [0.29, 0.717) is 12.3 Å². The van der Waals surface area contributed by atoms with Crippen molar-refractivity contribution < 1.29 is 22.7 Å². The van der Waals surface area contributed by atoms with Crippen LogP contribution >= 0.6 is 22.7 Å². The van der Waals surface area contributed by atoms with Crippen LogP contribution in [0.4, 0.5) is 13.2 Å².